The number of carbonyl (C=O) groups is 1. The van der Waals surface area contributed by atoms with Crippen molar-refractivity contribution in [2.24, 2.45) is 7.05 Å². The van der Waals surface area contributed by atoms with Crippen molar-refractivity contribution in [2.45, 2.75) is 38.9 Å². The molecule has 0 amide bonds. The summed E-state index contributed by atoms with van der Waals surface area (Å²) >= 11 is 0. The highest BCUT2D eigenvalue weighted by atomic mass is 16.7. The van der Waals surface area contributed by atoms with Crippen molar-refractivity contribution < 1.29 is 18.8 Å². The molecular formula is C16H21BN2O4. The van der Waals surface area contributed by atoms with Crippen molar-refractivity contribution in [1.82, 2.24) is 9.55 Å². The van der Waals surface area contributed by atoms with Crippen LogP contribution in [0.1, 0.15) is 38.1 Å². The van der Waals surface area contributed by atoms with Crippen LogP contribution in [0.5, 0.6) is 0 Å². The first-order chi connectivity index (χ1) is 10.7. The van der Waals surface area contributed by atoms with Gasteiger partial charge in [0, 0.05) is 12.5 Å². The van der Waals surface area contributed by atoms with Crippen molar-refractivity contribution in [1.29, 1.82) is 0 Å². The zero-order valence-electron chi connectivity index (χ0n) is 14.3. The molecule has 0 bridgehead atoms. The van der Waals surface area contributed by atoms with Gasteiger partial charge in [0.15, 0.2) is 0 Å². The van der Waals surface area contributed by atoms with Crippen LogP contribution in [-0.2, 0) is 21.1 Å². The number of benzene rings is 1. The second-order valence-electron chi connectivity index (χ2n) is 6.87. The Morgan fingerprint density at radius 3 is 2.39 bits per heavy atom. The second kappa shape index (κ2) is 5.07. The number of imidazole rings is 1. The van der Waals surface area contributed by atoms with Crippen molar-refractivity contribution in [2.75, 3.05) is 7.11 Å². The molecule has 0 saturated carbocycles. The molecule has 6 nitrogen and oxygen atoms in total. The fraction of sp³-hybridized carbons (Fsp3) is 0.500. The van der Waals surface area contributed by atoms with Crippen molar-refractivity contribution in [3.63, 3.8) is 0 Å². The third-order valence-electron chi connectivity index (χ3n) is 4.77. The molecule has 7 heteroatoms. The summed E-state index contributed by atoms with van der Waals surface area (Å²) in [7, 11) is 2.70. The molecule has 2 heterocycles. The van der Waals surface area contributed by atoms with Gasteiger partial charge in [-0.3, -0.25) is 0 Å². The van der Waals surface area contributed by atoms with Gasteiger partial charge in [0.05, 0.1) is 41.2 Å². The molecule has 23 heavy (non-hydrogen) atoms. The Morgan fingerprint density at radius 1 is 1.22 bits per heavy atom. The number of carbonyl (C=O) groups excluding carboxylic acids is 1. The van der Waals surface area contributed by atoms with Gasteiger partial charge in [-0.1, -0.05) is 0 Å². The minimum Gasteiger partial charge on any atom is -0.465 e. The standard InChI is InChI=1S/C16H21BN2O4/c1-15(2)16(3,4)23-17(22-15)11-7-10(14(20)21-6)8-12-13(11)19(5)9-18-12/h7-9H,1-6H3. The van der Waals surface area contributed by atoms with Crippen molar-refractivity contribution in [3.8, 4) is 0 Å². The molecule has 0 aliphatic carbocycles. The van der Waals surface area contributed by atoms with Gasteiger partial charge in [-0.25, -0.2) is 9.78 Å². The molecule has 1 fully saturated rings. The van der Waals surface area contributed by atoms with E-state index in [4.69, 9.17) is 14.0 Å². The third kappa shape index (κ3) is 2.44. The minimum atomic E-state index is -0.567. The number of hydrogen-bond acceptors (Lipinski definition) is 5. The summed E-state index contributed by atoms with van der Waals surface area (Å²) in [6.45, 7) is 7.99. The molecule has 1 aromatic heterocycles. The lowest BCUT2D eigenvalue weighted by Gasteiger charge is -2.32. The summed E-state index contributed by atoms with van der Waals surface area (Å²) in [4.78, 5) is 16.3. The van der Waals surface area contributed by atoms with Crippen LogP contribution in [0.15, 0.2) is 18.5 Å². The SMILES string of the molecule is COC(=O)c1cc(B2OC(C)(C)C(C)(C)O2)c2c(c1)ncn2C. The molecule has 0 atom stereocenters. The minimum absolute atomic E-state index is 0.407. The number of esters is 1. The number of aryl methyl sites for hydroxylation is 1. The van der Waals surface area contributed by atoms with E-state index in [-0.39, 0.29) is 0 Å². The van der Waals surface area contributed by atoms with E-state index in [1.807, 2.05) is 39.3 Å². The van der Waals surface area contributed by atoms with E-state index in [0.717, 1.165) is 11.0 Å². The van der Waals surface area contributed by atoms with Gasteiger partial charge in [-0.05, 0) is 39.8 Å². The number of rotatable bonds is 2. The van der Waals surface area contributed by atoms with Crippen LogP contribution in [0.2, 0.25) is 0 Å². The summed E-state index contributed by atoms with van der Waals surface area (Å²) in [5, 5.41) is 0. The highest BCUT2D eigenvalue weighted by Crippen LogP contribution is 2.37. The van der Waals surface area contributed by atoms with Crippen LogP contribution >= 0.6 is 0 Å². The van der Waals surface area contributed by atoms with Crippen LogP contribution < -0.4 is 5.46 Å². The maximum atomic E-state index is 11.9. The van der Waals surface area contributed by atoms with E-state index in [9.17, 15) is 4.79 Å². The van der Waals surface area contributed by atoms with E-state index in [1.54, 1.807) is 18.5 Å². The predicted molar refractivity (Wildman–Crippen MR) is 87.8 cm³/mol. The molecule has 122 valence electrons. The Balaban J connectivity index is 2.16. The maximum absolute atomic E-state index is 11.9. The molecule has 1 aliphatic rings. The van der Waals surface area contributed by atoms with Gasteiger partial charge < -0.3 is 18.6 Å². The lowest BCUT2D eigenvalue weighted by Crippen LogP contribution is -2.41. The average molecular weight is 316 g/mol. The number of fused-ring (bicyclic) bond motifs is 1. The Labute approximate surface area is 135 Å². The van der Waals surface area contributed by atoms with Crippen molar-refractivity contribution in [3.05, 3.63) is 24.0 Å². The maximum Gasteiger partial charge on any atom is 0.497 e. The lowest BCUT2D eigenvalue weighted by molar-refractivity contribution is 0.00578. The van der Waals surface area contributed by atoms with E-state index in [0.29, 0.717) is 11.1 Å². The normalized spacial score (nSPS) is 19.3. The van der Waals surface area contributed by atoms with E-state index in [1.165, 1.54) is 7.11 Å². The predicted octanol–water partition coefficient (Wildman–Crippen LogP) is 1.66. The summed E-state index contributed by atoms with van der Waals surface area (Å²) in [6, 6.07) is 3.48. The van der Waals surface area contributed by atoms with Crippen LogP contribution in [-0.4, -0.2) is 41.0 Å². The highest BCUT2D eigenvalue weighted by Gasteiger charge is 2.52. The molecule has 1 aliphatic heterocycles. The molecule has 3 rings (SSSR count). The summed E-state index contributed by atoms with van der Waals surface area (Å²) in [5.74, 6) is -0.407. The van der Waals surface area contributed by atoms with Crippen LogP contribution in [0.25, 0.3) is 11.0 Å². The van der Waals surface area contributed by atoms with Crippen LogP contribution in [0.4, 0.5) is 0 Å². The van der Waals surface area contributed by atoms with Crippen LogP contribution in [0.3, 0.4) is 0 Å². The summed E-state index contributed by atoms with van der Waals surface area (Å²) < 4.78 is 19.0. The first-order valence-corrected chi connectivity index (χ1v) is 7.55. The Hall–Kier alpha value is -1.86. The van der Waals surface area contributed by atoms with Crippen molar-refractivity contribution >= 4 is 29.6 Å². The number of nitrogens with zero attached hydrogens (tertiary/aromatic N) is 2. The quantitative estimate of drug-likeness (QED) is 0.623. The Morgan fingerprint density at radius 2 is 1.83 bits per heavy atom. The average Bonchev–Trinajstić information content (AvgIpc) is 2.95. The van der Waals surface area contributed by atoms with E-state index in [2.05, 4.69) is 4.98 Å². The zero-order chi connectivity index (χ0) is 17.0. The molecular weight excluding hydrogens is 295 g/mol. The molecule has 1 aromatic carbocycles. The smallest absolute Gasteiger partial charge is 0.465 e. The third-order valence-corrected chi connectivity index (χ3v) is 4.77. The fourth-order valence-corrected chi connectivity index (χ4v) is 2.72. The Bertz CT molecular complexity index is 766. The van der Waals surface area contributed by atoms with Gasteiger partial charge in [0.1, 0.15) is 0 Å². The molecule has 0 unspecified atom stereocenters. The Kier molecular flexibility index (Phi) is 3.53. The first kappa shape index (κ1) is 16.0. The highest BCUT2D eigenvalue weighted by molar-refractivity contribution is 6.65. The summed E-state index contributed by atoms with van der Waals surface area (Å²) in [5.41, 5.74) is 1.90. The lowest BCUT2D eigenvalue weighted by atomic mass is 9.77. The number of hydrogen-bond donors (Lipinski definition) is 0. The topological polar surface area (TPSA) is 62.6 Å². The fourth-order valence-electron chi connectivity index (χ4n) is 2.72. The van der Waals surface area contributed by atoms with E-state index >= 15 is 0 Å². The van der Waals surface area contributed by atoms with Gasteiger partial charge in [0.25, 0.3) is 0 Å². The van der Waals surface area contributed by atoms with Crippen LogP contribution in [0, 0.1) is 0 Å². The largest absolute Gasteiger partial charge is 0.497 e. The van der Waals surface area contributed by atoms with Gasteiger partial charge >= 0.3 is 13.1 Å². The monoisotopic (exact) mass is 316 g/mol. The number of methoxy groups -OCH3 is 1. The number of ether oxygens (including phenoxy) is 1. The van der Waals surface area contributed by atoms with Gasteiger partial charge in [-0.2, -0.15) is 0 Å². The first-order valence-electron chi connectivity index (χ1n) is 7.55. The number of aromatic nitrogens is 2. The molecule has 1 saturated heterocycles. The molecule has 0 spiro atoms. The van der Waals surface area contributed by atoms with Gasteiger partial charge in [0.2, 0.25) is 0 Å². The van der Waals surface area contributed by atoms with Gasteiger partial charge in [-0.15, -0.1) is 0 Å². The summed E-state index contributed by atoms with van der Waals surface area (Å²) in [6.07, 6.45) is 1.71. The van der Waals surface area contributed by atoms with E-state index < -0.39 is 24.3 Å². The molecule has 0 radical (unpaired) electrons. The zero-order valence-corrected chi connectivity index (χ0v) is 14.3. The molecule has 0 N–H and O–H groups in total. The molecule has 2 aromatic rings. The second-order valence-corrected chi connectivity index (χ2v) is 6.87.